The van der Waals surface area contributed by atoms with Gasteiger partial charge in [-0.05, 0) is 65.5 Å². The summed E-state index contributed by atoms with van der Waals surface area (Å²) in [6.07, 6.45) is 21.9. The van der Waals surface area contributed by atoms with E-state index in [-0.39, 0.29) is 17.3 Å². The van der Waals surface area contributed by atoms with Gasteiger partial charge in [-0.3, -0.25) is 9.59 Å². The summed E-state index contributed by atoms with van der Waals surface area (Å²) < 4.78 is 5.85. The van der Waals surface area contributed by atoms with Gasteiger partial charge in [-0.1, -0.05) is 89.8 Å². The number of amides is 1. The van der Waals surface area contributed by atoms with E-state index in [1.807, 2.05) is 19.0 Å². The van der Waals surface area contributed by atoms with Crippen LogP contribution >= 0.6 is 11.8 Å². The van der Waals surface area contributed by atoms with Crippen molar-refractivity contribution in [2.45, 2.75) is 148 Å². The molecule has 0 fully saturated rings. The van der Waals surface area contributed by atoms with Gasteiger partial charge in [0.05, 0.1) is 0 Å². The fraction of sp³-hybridized carbons (Fsp3) is 0.906. The predicted molar refractivity (Wildman–Crippen MR) is 168 cm³/mol. The monoisotopic (exact) mass is 570 g/mol. The lowest BCUT2D eigenvalue weighted by Gasteiger charge is -2.22. The molecule has 0 spiro atoms. The minimum Gasteiger partial charge on any atom is -0.462 e. The maximum atomic E-state index is 12.8. The summed E-state index contributed by atoms with van der Waals surface area (Å²) >= 11 is 1.43. The number of carbonyl (C=O) groups excluding carboxylic acids is 3. The number of aldehydes is 1. The zero-order valence-electron chi connectivity index (χ0n) is 26.1. The molecular formula is C32H62N2O4S. The normalized spacial score (nSPS) is 11.3. The summed E-state index contributed by atoms with van der Waals surface area (Å²) in [5.74, 6) is 0.799. The van der Waals surface area contributed by atoms with Crippen LogP contribution in [-0.2, 0) is 14.3 Å². The number of hydrogen-bond donors (Lipinski definition) is 0. The van der Waals surface area contributed by atoms with Gasteiger partial charge < -0.3 is 19.3 Å². The Morgan fingerprint density at radius 2 is 1.26 bits per heavy atom. The second kappa shape index (κ2) is 28.4. The van der Waals surface area contributed by atoms with Crippen molar-refractivity contribution in [1.29, 1.82) is 0 Å². The van der Waals surface area contributed by atoms with Crippen LogP contribution in [-0.4, -0.2) is 72.9 Å². The summed E-state index contributed by atoms with van der Waals surface area (Å²) in [7, 11) is 4.07. The molecule has 0 rings (SSSR count). The summed E-state index contributed by atoms with van der Waals surface area (Å²) in [5.41, 5.74) is 0. The van der Waals surface area contributed by atoms with E-state index in [4.69, 9.17) is 4.74 Å². The number of rotatable bonds is 28. The quantitative estimate of drug-likeness (QED) is 0.0533. The van der Waals surface area contributed by atoms with Gasteiger partial charge in [-0.25, -0.2) is 0 Å². The average molecular weight is 571 g/mol. The Morgan fingerprint density at radius 3 is 1.79 bits per heavy atom. The molecule has 0 aliphatic heterocycles. The molecule has 0 aliphatic rings. The van der Waals surface area contributed by atoms with E-state index in [0.717, 1.165) is 122 Å². The largest absolute Gasteiger partial charge is 0.462 e. The molecule has 230 valence electrons. The molecular weight excluding hydrogens is 508 g/mol. The second-order valence-corrected chi connectivity index (χ2v) is 12.3. The molecule has 39 heavy (non-hydrogen) atoms. The van der Waals surface area contributed by atoms with Crippen molar-refractivity contribution in [2.24, 2.45) is 0 Å². The van der Waals surface area contributed by atoms with E-state index in [2.05, 4.69) is 18.7 Å². The van der Waals surface area contributed by atoms with E-state index in [1.54, 1.807) is 0 Å². The molecule has 0 aromatic heterocycles. The van der Waals surface area contributed by atoms with Gasteiger partial charge in [0.2, 0.25) is 0 Å². The van der Waals surface area contributed by atoms with Crippen molar-refractivity contribution in [3.63, 3.8) is 0 Å². The number of thioether (sulfide) groups is 1. The molecule has 0 saturated carbocycles. The van der Waals surface area contributed by atoms with Crippen LogP contribution < -0.4 is 0 Å². The first kappa shape index (κ1) is 37.9. The lowest BCUT2D eigenvalue weighted by Crippen LogP contribution is -2.30. The van der Waals surface area contributed by atoms with Crippen LogP contribution in [0.15, 0.2) is 0 Å². The van der Waals surface area contributed by atoms with Crippen molar-refractivity contribution >= 4 is 29.3 Å². The lowest BCUT2D eigenvalue weighted by molar-refractivity contribution is -0.150. The Labute approximate surface area is 245 Å². The Kier molecular flexibility index (Phi) is 27.7. The number of hydrogen-bond acceptors (Lipinski definition) is 6. The summed E-state index contributed by atoms with van der Waals surface area (Å²) in [6, 6.07) is 0. The van der Waals surface area contributed by atoms with Crippen LogP contribution in [0, 0.1) is 0 Å². The summed E-state index contributed by atoms with van der Waals surface area (Å²) in [6.45, 7) is 6.96. The molecule has 0 aromatic rings. The second-order valence-electron chi connectivity index (χ2n) is 11.2. The van der Waals surface area contributed by atoms with Crippen molar-refractivity contribution in [2.75, 3.05) is 39.5 Å². The molecule has 0 atom stereocenters. The fourth-order valence-electron chi connectivity index (χ4n) is 4.62. The van der Waals surface area contributed by atoms with E-state index >= 15 is 0 Å². The fourth-order valence-corrected chi connectivity index (χ4v) is 5.61. The highest BCUT2D eigenvalue weighted by Gasteiger charge is 2.15. The molecule has 1 amide bonds. The number of ether oxygens (including phenoxy) is 1. The van der Waals surface area contributed by atoms with Crippen LogP contribution in [0.2, 0.25) is 0 Å². The topological polar surface area (TPSA) is 66.9 Å². The minimum atomic E-state index is -0.0225. The van der Waals surface area contributed by atoms with Crippen LogP contribution in [0.25, 0.3) is 0 Å². The molecule has 0 bridgehead atoms. The van der Waals surface area contributed by atoms with Crippen molar-refractivity contribution < 1.29 is 19.1 Å². The van der Waals surface area contributed by atoms with E-state index in [9.17, 15) is 14.4 Å². The molecule has 0 saturated heterocycles. The molecule has 0 heterocycles. The number of carbonyl (C=O) groups is 3. The minimum absolute atomic E-state index is 0.0225. The highest BCUT2D eigenvalue weighted by molar-refractivity contribution is 8.13. The zero-order chi connectivity index (χ0) is 29.0. The van der Waals surface area contributed by atoms with Gasteiger partial charge in [-0.2, -0.15) is 0 Å². The van der Waals surface area contributed by atoms with Crippen LogP contribution in [0.3, 0.4) is 0 Å². The Bertz CT molecular complexity index is 579. The number of unbranched alkanes of at least 4 members (excludes halogenated alkanes) is 13. The molecule has 0 unspecified atom stereocenters. The predicted octanol–water partition coefficient (Wildman–Crippen LogP) is 8.66. The van der Waals surface area contributed by atoms with Gasteiger partial charge in [0.15, 0.2) is 0 Å². The maximum Gasteiger partial charge on any atom is 0.306 e. The summed E-state index contributed by atoms with van der Waals surface area (Å²) in [4.78, 5) is 39.8. The van der Waals surface area contributed by atoms with Gasteiger partial charge >= 0.3 is 5.97 Å². The molecule has 0 aromatic carbocycles. The number of esters is 1. The maximum absolute atomic E-state index is 12.8. The Hall–Kier alpha value is -1.08. The Morgan fingerprint density at radius 1 is 0.718 bits per heavy atom. The molecule has 0 N–H and O–H groups in total. The van der Waals surface area contributed by atoms with Crippen molar-refractivity contribution in [3.8, 4) is 0 Å². The van der Waals surface area contributed by atoms with Crippen molar-refractivity contribution in [1.82, 2.24) is 9.80 Å². The smallest absolute Gasteiger partial charge is 0.306 e. The van der Waals surface area contributed by atoms with Crippen LogP contribution in [0.5, 0.6) is 0 Å². The Balaban J connectivity index is 4.24. The highest BCUT2D eigenvalue weighted by Crippen LogP contribution is 2.17. The molecule has 7 heteroatoms. The van der Waals surface area contributed by atoms with Gasteiger partial charge in [-0.15, -0.1) is 0 Å². The third-order valence-corrected chi connectivity index (χ3v) is 8.03. The van der Waals surface area contributed by atoms with E-state index < -0.39 is 0 Å². The molecule has 6 nitrogen and oxygen atoms in total. The molecule has 0 aliphatic carbocycles. The first-order chi connectivity index (χ1) is 18.9. The number of nitrogens with zero attached hydrogens (tertiary/aromatic N) is 2. The average Bonchev–Trinajstić information content (AvgIpc) is 2.90. The van der Waals surface area contributed by atoms with E-state index in [1.165, 1.54) is 37.4 Å². The summed E-state index contributed by atoms with van der Waals surface area (Å²) in [5, 5.41) is 0.202. The third-order valence-electron chi connectivity index (χ3n) is 7.14. The third kappa shape index (κ3) is 25.6. The lowest BCUT2D eigenvalue weighted by atomic mass is 10.0. The standard InChI is InChI=1S/C32H62N2O4S/c1-5-7-16-22-30(23-17-8-6-2)38-31(36)24-18-12-11-14-20-26-34(32(37)39-29-27-33(3)4)25-19-13-9-10-15-21-28-35/h28,30H,5-27,29H2,1-4H3. The van der Waals surface area contributed by atoms with E-state index in [0.29, 0.717) is 12.8 Å². The first-order valence-corrected chi connectivity index (χ1v) is 17.1. The van der Waals surface area contributed by atoms with Crippen LogP contribution in [0.4, 0.5) is 4.79 Å². The van der Waals surface area contributed by atoms with Crippen LogP contribution in [0.1, 0.15) is 142 Å². The van der Waals surface area contributed by atoms with Crippen molar-refractivity contribution in [3.05, 3.63) is 0 Å². The first-order valence-electron chi connectivity index (χ1n) is 16.1. The van der Waals surface area contributed by atoms with Gasteiger partial charge in [0, 0.05) is 38.2 Å². The van der Waals surface area contributed by atoms with Gasteiger partial charge in [0.25, 0.3) is 5.24 Å². The highest BCUT2D eigenvalue weighted by atomic mass is 32.2. The molecule has 0 radical (unpaired) electrons. The SMILES string of the molecule is CCCCCC(CCCCC)OC(=O)CCCCCCCN(CCCCCCCC=O)C(=O)SCCN(C)C. The van der Waals surface area contributed by atoms with Gasteiger partial charge in [0.1, 0.15) is 12.4 Å². The zero-order valence-corrected chi connectivity index (χ0v) is 26.9.